The van der Waals surface area contributed by atoms with Gasteiger partial charge in [0.2, 0.25) is 0 Å². The van der Waals surface area contributed by atoms with Gasteiger partial charge in [-0.15, -0.1) is 0 Å². The zero-order chi connectivity index (χ0) is 12.3. The van der Waals surface area contributed by atoms with Gasteiger partial charge in [0.15, 0.2) is 9.84 Å². The predicted molar refractivity (Wildman–Crippen MR) is 63.7 cm³/mol. The van der Waals surface area contributed by atoms with Crippen molar-refractivity contribution in [2.45, 2.75) is 24.2 Å². The number of benzene rings is 1. The van der Waals surface area contributed by atoms with E-state index in [2.05, 4.69) is 0 Å². The summed E-state index contributed by atoms with van der Waals surface area (Å²) in [5.74, 6) is 0.0450. The summed E-state index contributed by atoms with van der Waals surface area (Å²) in [6, 6.07) is 4.77. The van der Waals surface area contributed by atoms with Crippen LogP contribution in [0.4, 0.5) is 0 Å². The summed E-state index contributed by atoms with van der Waals surface area (Å²) in [6.07, 6.45) is 2.35. The number of aldehydes is 1. The Bertz CT molecular complexity index is 494. The number of halogens is 1. The van der Waals surface area contributed by atoms with Gasteiger partial charge in [0.1, 0.15) is 6.29 Å². The minimum absolute atomic E-state index is 0.0450. The summed E-state index contributed by atoms with van der Waals surface area (Å²) >= 11 is 5.89. The minimum Gasteiger partial charge on any atom is -0.303 e. The molecule has 1 unspecified atom stereocenters. The number of hydrogen-bond donors (Lipinski definition) is 0. The quantitative estimate of drug-likeness (QED) is 0.782. The number of rotatable bonds is 4. The van der Waals surface area contributed by atoms with Crippen LogP contribution in [0.15, 0.2) is 23.1 Å². The lowest BCUT2D eigenvalue weighted by Crippen LogP contribution is -2.00. The molecule has 16 heavy (non-hydrogen) atoms. The SMILES string of the molecule is CC(CC=O)c1ccc(S(C)(=O)=O)c(Cl)c1. The Balaban J connectivity index is 3.14. The Morgan fingerprint density at radius 3 is 2.50 bits per heavy atom. The molecule has 0 N–H and O–H groups in total. The molecule has 1 aromatic rings. The third-order valence-electron chi connectivity index (χ3n) is 2.37. The fourth-order valence-electron chi connectivity index (χ4n) is 1.40. The van der Waals surface area contributed by atoms with Gasteiger partial charge in [-0.2, -0.15) is 0 Å². The average molecular weight is 261 g/mol. The molecule has 0 saturated heterocycles. The maximum Gasteiger partial charge on any atom is 0.176 e. The molecule has 88 valence electrons. The smallest absolute Gasteiger partial charge is 0.176 e. The molecular formula is C11H13ClO3S. The van der Waals surface area contributed by atoms with Crippen molar-refractivity contribution in [3.63, 3.8) is 0 Å². The number of carbonyl (C=O) groups excluding carboxylic acids is 1. The zero-order valence-corrected chi connectivity index (χ0v) is 10.7. The summed E-state index contributed by atoms with van der Waals surface area (Å²) in [6.45, 7) is 1.89. The van der Waals surface area contributed by atoms with E-state index >= 15 is 0 Å². The van der Waals surface area contributed by atoms with Crippen LogP contribution >= 0.6 is 11.6 Å². The van der Waals surface area contributed by atoms with Gasteiger partial charge in [0, 0.05) is 12.7 Å². The Labute approximate surface area is 100 Å². The molecule has 0 fully saturated rings. The van der Waals surface area contributed by atoms with Crippen LogP contribution in [-0.2, 0) is 14.6 Å². The number of carbonyl (C=O) groups is 1. The lowest BCUT2D eigenvalue weighted by Gasteiger charge is -2.10. The second kappa shape index (κ2) is 4.97. The van der Waals surface area contributed by atoms with Gasteiger partial charge in [-0.25, -0.2) is 8.42 Å². The van der Waals surface area contributed by atoms with Crippen molar-refractivity contribution in [2.24, 2.45) is 0 Å². The van der Waals surface area contributed by atoms with Crippen LogP contribution in [0.2, 0.25) is 5.02 Å². The topological polar surface area (TPSA) is 51.2 Å². The number of sulfone groups is 1. The van der Waals surface area contributed by atoms with E-state index in [9.17, 15) is 13.2 Å². The third kappa shape index (κ3) is 3.06. The maximum atomic E-state index is 11.3. The largest absolute Gasteiger partial charge is 0.303 e. The highest BCUT2D eigenvalue weighted by molar-refractivity contribution is 7.90. The predicted octanol–water partition coefficient (Wildman–Crippen LogP) is 2.44. The third-order valence-corrected chi connectivity index (χ3v) is 3.95. The Kier molecular flexibility index (Phi) is 4.10. The molecule has 0 aliphatic rings. The van der Waals surface area contributed by atoms with Gasteiger partial charge in [-0.1, -0.05) is 24.6 Å². The normalized spacial score (nSPS) is 13.4. The molecule has 5 heteroatoms. The second-order valence-corrected chi connectivity index (χ2v) is 6.16. The van der Waals surface area contributed by atoms with Crippen molar-refractivity contribution < 1.29 is 13.2 Å². The molecule has 0 aromatic heterocycles. The van der Waals surface area contributed by atoms with E-state index in [-0.39, 0.29) is 15.8 Å². The highest BCUT2D eigenvalue weighted by atomic mass is 35.5. The standard InChI is InChI=1S/C11H13ClO3S/c1-8(5-6-13)9-3-4-11(10(12)7-9)16(2,14)15/h3-4,6-8H,5H2,1-2H3. The summed E-state index contributed by atoms with van der Waals surface area (Å²) in [7, 11) is -3.29. The molecule has 0 aliphatic heterocycles. The Hall–Kier alpha value is -0.870. The van der Waals surface area contributed by atoms with Crippen molar-refractivity contribution in [3.05, 3.63) is 28.8 Å². The Morgan fingerprint density at radius 1 is 1.44 bits per heavy atom. The molecule has 0 amide bonds. The molecule has 1 aromatic carbocycles. The van der Waals surface area contributed by atoms with E-state index in [1.54, 1.807) is 12.1 Å². The first-order chi connectivity index (χ1) is 7.36. The number of hydrogen-bond acceptors (Lipinski definition) is 3. The molecule has 0 aliphatic carbocycles. The van der Waals surface area contributed by atoms with Gasteiger partial charge in [-0.3, -0.25) is 0 Å². The van der Waals surface area contributed by atoms with E-state index in [1.807, 2.05) is 6.92 Å². The highest BCUT2D eigenvalue weighted by Crippen LogP contribution is 2.27. The lowest BCUT2D eigenvalue weighted by molar-refractivity contribution is -0.108. The zero-order valence-electron chi connectivity index (χ0n) is 9.10. The van der Waals surface area contributed by atoms with E-state index < -0.39 is 9.84 Å². The summed E-state index contributed by atoms with van der Waals surface area (Å²) in [5, 5.41) is 0.206. The summed E-state index contributed by atoms with van der Waals surface area (Å²) < 4.78 is 22.6. The van der Waals surface area contributed by atoms with Crippen LogP contribution in [0.5, 0.6) is 0 Å². The molecule has 0 heterocycles. The Morgan fingerprint density at radius 2 is 2.06 bits per heavy atom. The van der Waals surface area contributed by atoms with Crippen molar-refractivity contribution in [1.29, 1.82) is 0 Å². The monoisotopic (exact) mass is 260 g/mol. The molecule has 1 atom stereocenters. The van der Waals surface area contributed by atoms with Crippen LogP contribution in [0, 0.1) is 0 Å². The maximum absolute atomic E-state index is 11.3. The fraction of sp³-hybridized carbons (Fsp3) is 0.364. The second-order valence-electron chi connectivity index (χ2n) is 3.77. The first kappa shape index (κ1) is 13.2. The van der Waals surface area contributed by atoms with Crippen molar-refractivity contribution in [1.82, 2.24) is 0 Å². The first-order valence-electron chi connectivity index (χ1n) is 4.79. The van der Waals surface area contributed by atoms with Gasteiger partial charge >= 0.3 is 0 Å². The molecule has 1 rings (SSSR count). The molecule has 0 spiro atoms. The minimum atomic E-state index is -3.29. The van der Waals surface area contributed by atoms with Gasteiger partial charge in [0.05, 0.1) is 9.92 Å². The van der Waals surface area contributed by atoms with E-state index in [4.69, 9.17) is 11.6 Å². The van der Waals surface area contributed by atoms with Crippen LogP contribution in [0.25, 0.3) is 0 Å². The summed E-state index contributed by atoms with van der Waals surface area (Å²) in [4.78, 5) is 10.5. The van der Waals surface area contributed by atoms with Gasteiger partial charge in [-0.05, 0) is 23.6 Å². The average Bonchev–Trinajstić information content (AvgIpc) is 2.16. The van der Waals surface area contributed by atoms with Crippen LogP contribution < -0.4 is 0 Å². The molecule has 0 radical (unpaired) electrons. The highest BCUT2D eigenvalue weighted by Gasteiger charge is 2.14. The molecule has 0 bridgehead atoms. The van der Waals surface area contributed by atoms with E-state index in [0.717, 1.165) is 18.1 Å². The van der Waals surface area contributed by atoms with Crippen molar-refractivity contribution in [2.75, 3.05) is 6.26 Å². The lowest BCUT2D eigenvalue weighted by atomic mass is 9.99. The molecule has 3 nitrogen and oxygen atoms in total. The van der Waals surface area contributed by atoms with Crippen molar-refractivity contribution in [3.8, 4) is 0 Å². The first-order valence-corrected chi connectivity index (χ1v) is 7.06. The van der Waals surface area contributed by atoms with E-state index in [0.29, 0.717) is 6.42 Å². The van der Waals surface area contributed by atoms with Crippen LogP contribution in [0.3, 0.4) is 0 Å². The molecular weight excluding hydrogens is 248 g/mol. The fourth-order valence-corrected chi connectivity index (χ4v) is 2.74. The van der Waals surface area contributed by atoms with Crippen molar-refractivity contribution >= 4 is 27.7 Å². The van der Waals surface area contributed by atoms with E-state index in [1.165, 1.54) is 6.07 Å². The molecule has 0 saturated carbocycles. The van der Waals surface area contributed by atoms with Crippen LogP contribution in [-0.4, -0.2) is 21.0 Å². The summed E-state index contributed by atoms with van der Waals surface area (Å²) in [5.41, 5.74) is 0.865. The van der Waals surface area contributed by atoms with Gasteiger partial charge in [0.25, 0.3) is 0 Å². The van der Waals surface area contributed by atoms with Crippen LogP contribution in [0.1, 0.15) is 24.8 Å². The van der Waals surface area contributed by atoms with Gasteiger partial charge < -0.3 is 4.79 Å².